The number of rotatable bonds is 5. The van der Waals surface area contributed by atoms with Gasteiger partial charge >= 0.3 is 0 Å². The number of likely N-dealkylation sites (N-methyl/N-ethyl adjacent to an activating group) is 1. The Morgan fingerprint density at radius 2 is 1.72 bits per heavy atom. The Morgan fingerprint density at radius 3 is 2.41 bits per heavy atom. The number of para-hydroxylation sites is 1. The molecule has 1 aromatic heterocycles. The van der Waals surface area contributed by atoms with Crippen LogP contribution >= 0.6 is 11.8 Å². The summed E-state index contributed by atoms with van der Waals surface area (Å²) in [6.07, 6.45) is 0. The van der Waals surface area contributed by atoms with Crippen molar-refractivity contribution < 1.29 is 9.18 Å². The van der Waals surface area contributed by atoms with Crippen LogP contribution in [0, 0.1) is 0 Å². The van der Waals surface area contributed by atoms with Gasteiger partial charge in [-0.2, -0.15) is 0 Å². The maximum Gasteiger partial charge on any atom is 0.240 e. The van der Waals surface area contributed by atoms with E-state index in [0.717, 1.165) is 32.6 Å². The van der Waals surface area contributed by atoms with Gasteiger partial charge in [-0.1, -0.05) is 50.2 Å². The second-order valence-corrected chi connectivity index (χ2v) is 7.77. The van der Waals surface area contributed by atoms with Gasteiger partial charge in [0.05, 0.1) is 12.2 Å². The first-order valence-corrected chi connectivity index (χ1v) is 11.3. The van der Waals surface area contributed by atoms with Crippen LogP contribution in [0.5, 0.6) is 0 Å². The first kappa shape index (κ1) is 21.4. The molecule has 3 nitrogen and oxygen atoms in total. The molecule has 3 aromatic rings. The van der Waals surface area contributed by atoms with Crippen molar-refractivity contribution in [1.29, 1.82) is 0 Å². The molecule has 0 fully saturated rings. The number of hydrogen-bond acceptors (Lipinski definition) is 2. The molecule has 1 aliphatic heterocycles. The van der Waals surface area contributed by atoms with E-state index in [1.165, 1.54) is 0 Å². The van der Waals surface area contributed by atoms with E-state index in [-0.39, 0.29) is 11.2 Å². The minimum Gasteiger partial charge on any atom is -0.342 e. The number of carbonyl (C=O) groups is 1. The number of aryl methyl sites for hydroxylation is 1. The van der Waals surface area contributed by atoms with Crippen LogP contribution < -0.4 is 0 Å². The van der Waals surface area contributed by atoms with E-state index in [1.54, 1.807) is 11.8 Å². The van der Waals surface area contributed by atoms with Crippen LogP contribution in [0.25, 0.3) is 22.2 Å². The van der Waals surface area contributed by atoms with E-state index in [0.29, 0.717) is 19.6 Å². The van der Waals surface area contributed by atoms with Gasteiger partial charge in [-0.25, -0.2) is 4.39 Å². The molecule has 2 heterocycles. The van der Waals surface area contributed by atoms with Crippen LogP contribution in [-0.2, 0) is 11.3 Å². The van der Waals surface area contributed by atoms with E-state index >= 15 is 0 Å². The third-order valence-electron chi connectivity index (χ3n) is 5.27. The fourth-order valence-corrected chi connectivity index (χ4v) is 5.34. The van der Waals surface area contributed by atoms with Crippen molar-refractivity contribution in [2.24, 2.45) is 0 Å². The highest BCUT2D eigenvalue weighted by Crippen LogP contribution is 2.53. The molecule has 0 bridgehead atoms. The number of carbonyl (C=O) groups excluding carboxylic acids is 1. The summed E-state index contributed by atoms with van der Waals surface area (Å²) in [5, 5.41) is 0.744. The molecule has 0 saturated heterocycles. The molecule has 2 aromatic carbocycles. The number of nitrogens with zero attached hydrogens (tertiary/aromatic N) is 2. The van der Waals surface area contributed by atoms with Crippen molar-refractivity contribution in [2.75, 3.05) is 19.8 Å². The van der Waals surface area contributed by atoms with Gasteiger partial charge in [-0.3, -0.25) is 4.79 Å². The highest BCUT2D eigenvalue weighted by atomic mass is 32.2. The van der Waals surface area contributed by atoms with Crippen molar-refractivity contribution in [3.8, 4) is 11.3 Å². The average molecular weight is 412 g/mol. The number of thioether (sulfide) groups is 1. The molecule has 5 heteroatoms. The summed E-state index contributed by atoms with van der Waals surface area (Å²) in [4.78, 5) is 16.3. The molecular weight excluding hydrogens is 382 g/mol. The monoisotopic (exact) mass is 411 g/mol. The molecule has 0 radical (unpaired) electrons. The average Bonchev–Trinajstić information content (AvgIpc) is 3.10. The quantitative estimate of drug-likeness (QED) is 0.491. The molecule has 1 atom stereocenters. The largest absolute Gasteiger partial charge is 0.342 e. The molecule has 154 valence electrons. The minimum atomic E-state index is -0.435. The SMILES string of the molecule is CC.CCN(CC)C(=O)C1Sc2ccccc2-c2c1c1ccccc1n2CC[18F]. The summed E-state index contributed by atoms with van der Waals surface area (Å²) in [5.74, 6) is 0.129. The van der Waals surface area contributed by atoms with Gasteiger partial charge in [0.1, 0.15) is 11.9 Å². The zero-order valence-corrected chi connectivity index (χ0v) is 18.4. The van der Waals surface area contributed by atoms with Crippen LogP contribution in [0.1, 0.15) is 38.5 Å². The highest BCUT2D eigenvalue weighted by molar-refractivity contribution is 8.00. The van der Waals surface area contributed by atoms with Crippen LogP contribution in [0.2, 0.25) is 0 Å². The maximum atomic E-state index is 13.4. The summed E-state index contributed by atoms with van der Waals surface area (Å²) in [5.41, 5.74) is 4.11. The number of amides is 1. The summed E-state index contributed by atoms with van der Waals surface area (Å²) in [6, 6.07) is 16.2. The maximum absolute atomic E-state index is 13.4. The lowest BCUT2D eigenvalue weighted by Crippen LogP contribution is -2.34. The Morgan fingerprint density at radius 1 is 1.07 bits per heavy atom. The smallest absolute Gasteiger partial charge is 0.240 e. The molecule has 1 unspecified atom stereocenters. The lowest BCUT2D eigenvalue weighted by atomic mass is 10.0. The van der Waals surface area contributed by atoms with Gasteiger partial charge in [-0.15, -0.1) is 11.8 Å². The van der Waals surface area contributed by atoms with Gasteiger partial charge < -0.3 is 9.47 Å². The van der Waals surface area contributed by atoms with E-state index in [9.17, 15) is 9.18 Å². The first-order valence-electron chi connectivity index (χ1n) is 10.4. The Labute approximate surface area is 176 Å². The zero-order valence-electron chi connectivity index (χ0n) is 17.6. The summed E-state index contributed by atoms with van der Waals surface area (Å²) >= 11 is 1.61. The van der Waals surface area contributed by atoms with E-state index < -0.39 is 6.67 Å². The normalized spacial score (nSPS) is 14.6. The van der Waals surface area contributed by atoms with E-state index in [2.05, 4.69) is 18.2 Å². The fourth-order valence-electron chi connectivity index (χ4n) is 4.03. The second-order valence-electron chi connectivity index (χ2n) is 6.62. The van der Waals surface area contributed by atoms with Crippen LogP contribution in [0.15, 0.2) is 53.4 Å². The van der Waals surface area contributed by atoms with Crippen LogP contribution in [0.4, 0.5) is 4.39 Å². The Hall–Kier alpha value is -2.27. The molecule has 0 N–H and O–H groups in total. The molecule has 1 aliphatic rings. The molecule has 29 heavy (non-hydrogen) atoms. The standard InChI is InChI=1S/C22H23FN2OS.C2H6/c1-3-24(4-2)22(26)21-19-15-9-5-7-11-17(15)25(14-13-23)20(19)16-10-6-8-12-18(16)27-21;1-2/h5-12,21H,3-4,13-14H2,1-2H3;1-2H3/i23-1;. The summed E-state index contributed by atoms with van der Waals surface area (Å²) in [6.45, 7) is 9.25. The van der Waals surface area contributed by atoms with Gasteiger partial charge in [0.25, 0.3) is 0 Å². The second kappa shape index (κ2) is 9.49. The number of fused-ring (bicyclic) bond motifs is 5. The third kappa shape index (κ3) is 3.68. The lowest BCUT2D eigenvalue weighted by molar-refractivity contribution is -0.130. The topological polar surface area (TPSA) is 25.2 Å². The van der Waals surface area contributed by atoms with Crippen molar-refractivity contribution in [2.45, 2.75) is 44.4 Å². The van der Waals surface area contributed by atoms with Crippen molar-refractivity contribution in [3.63, 3.8) is 0 Å². The number of hydrogen-bond donors (Lipinski definition) is 0. The Bertz CT molecular complexity index is 994. The molecule has 0 saturated carbocycles. The predicted octanol–water partition coefficient (Wildman–Crippen LogP) is 6.32. The number of aromatic nitrogens is 1. The van der Waals surface area contributed by atoms with Crippen LogP contribution in [0.3, 0.4) is 0 Å². The lowest BCUT2D eigenvalue weighted by Gasteiger charge is -2.29. The summed E-state index contributed by atoms with van der Waals surface area (Å²) < 4.78 is 15.5. The molecule has 0 spiro atoms. The molecular formula is C24H29FN2OS. The van der Waals surface area contributed by atoms with Crippen LogP contribution in [-0.4, -0.2) is 35.1 Å². The van der Waals surface area contributed by atoms with E-state index in [4.69, 9.17) is 0 Å². The van der Waals surface area contributed by atoms with Crippen molar-refractivity contribution in [3.05, 3.63) is 54.1 Å². The van der Waals surface area contributed by atoms with Gasteiger partial charge in [0.2, 0.25) is 5.91 Å². The first-order chi connectivity index (χ1) is 14.2. The molecule has 4 rings (SSSR count). The van der Waals surface area contributed by atoms with Crippen molar-refractivity contribution >= 4 is 28.6 Å². The molecule has 1 amide bonds. The van der Waals surface area contributed by atoms with Crippen molar-refractivity contribution in [1.82, 2.24) is 9.47 Å². The predicted molar refractivity (Wildman–Crippen MR) is 121 cm³/mol. The zero-order chi connectivity index (χ0) is 21.0. The van der Waals surface area contributed by atoms with Gasteiger partial charge in [0, 0.05) is 40.0 Å². The van der Waals surface area contributed by atoms with Gasteiger partial charge in [0.15, 0.2) is 0 Å². The summed E-state index contributed by atoms with van der Waals surface area (Å²) in [7, 11) is 0. The Kier molecular flexibility index (Phi) is 7.01. The highest BCUT2D eigenvalue weighted by Gasteiger charge is 2.36. The molecule has 0 aliphatic carbocycles. The number of halogens is 1. The van der Waals surface area contributed by atoms with E-state index in [1.807, 2.05) is 67.5 Å². The fraction of sp³-hybridized carbons (Fsp3) is 0.375. The third-order valence-corrected chi connectivity index (χ3v) is 6.55. The minimum absolute atomic E-state index is 0.129. The number of benzene rings is 2. The Balaban J connectivity index is 0.00000117. The van der Waals surface area contributed by atoms with Gasteiger partial charge in [-0.05, 0) is 26.0 Å². The number of alkyl halides is 1.